The number of nitrogens with one attached hydrogen (secondary N) is 1. The SMILES string of the molecule is CN1CCC2(CC1)CC(NC(=O)c1cnc3ccccn3c1=O)c1ccccc1O2. The minimum atomic E-state index is -0.407. The quantitative estimate of drug-likeness (QED) is 0.710. The van der Waals surface area contributed by atoms with Gasteiger partial charge in [0.05, 0.1) is 6.04 Å². The molecule has 1 fully saturated rings. The molecule has 0 bridgehead atoms. The van der Waals surface area contributed by atoms with Gasteiger partial charge in [-0.15, -0.1) is 0 Å². The van der Waals surface area contributed by atoms with Crippen molar-refractivity contribution in [1.82, 2.24) is 19.6 Å². The highest BCUT2D eigenvalue weighted by Crippen LogP contribution is 2.44. The predicted molar refractivity (Wildman–Crippen MR) is 113 cm³/mol. The van der Waals surface area contributed by atoms with Gasteiger partial charge in [-0.05, 0) is 38.1 Å². The molecule has 1 spiro atoms. The highest BCUT2D eigenvalue weighted by atomic mass is 16.5. The molecule has 1 unspecified atom stereocenters. The molecule has 30 heavy (non-hydrogen) atoms. The van der Waals surface area contributed by atoms with Gasteiger partial charge in [0.1, 0.15) is 22.6 Å². The summed E-state index contributed by atoms with van der Waals surface area (Å²) >= 11 is 0. The van der Waals surface area contributed by atoms with E-state index in [1.54, 1.807) is 18.3 Å². The molecule has 2 aromatic heterocycles. The van der Waals surface area contributed by atoms with Gasteiger partial charge in [-0.25, -0.2) is 4.98 Å². The summed E-state index contributed by atoms with van der Waals surface area (Å²) < 4.78 is 7.85. The van der Waals surface area contributed by atoms with E-state index in [1.165, 1.54) is 10.6 Å². The Kier molecular flexibility index (Phi) is 4.55. The van der Waals surface area contributed by atoms with E-state index in [2.05, 4.69) is 22.2 Å². The molecule has 5 rings (SSSR count). The summed E-state index contributed by atoms with van der Waals surface area (Å²) in [6.45, 7) is 1.91. The fraction of sp³-hybridized carbons (Fsp3) is 0.348. The molecule has 1 amide bonds. The number of pyridine rings is 1. The number of rotatable bonds is 2. The van der Waals surface area contributed by atoms with Gasteiger partial charge in [0, 0.05) is 37.5 Å². The maximum Gasteiger partial charge on any atom is 0.270 e. The smallest absolute Gasteiger partial charge is 0.270 e. The van der Waals surface area contributed by atoms with Crippen molar-refractivity contribution in [2.24, 2.45) is 0 Å². The zero-order valence-electron chi connectivity index (χ0n) is 16.9. The first kappa shape index (κ1) is 18.8. The Hall–Kier alpha value is -3.19. The van der Waals surface area contributed by atoms with Crippen LogP contribution in [-0.2, 0) is 0 Å². The van der Waals surface area contributed by atoms with Crippen molar-refractivity contribution < 1.29 is 9.53 Å². The molecule has 2 aliphatic rings. The number of nitrogens with zero attached hydrogens (tertiary/aromatic N) is 3. The van der Waals surface area contributed by atoms with Crippen molar-refractivity contribution >= 4 is 11.6 Å². The van der Waals surface area contributed by atoms with Crippen LogP contribution in [0.15, 0.2) is 59.7 Å². The van der Waals surface area contributed by atoms with E-state index < -0.39 is 5.91 Å². The number of carbonyl (C=O) groups is 1. The summed E-state index contributed by atoms with van der Waals surface area (Å²) in [5, 5.41) is 3.09. The number of likely N-dealkylation sites (tertiary alicyclic amines) is 1. The summed E-state index contributed by atoms with van der Waals surface area (Å²) in [7, 11) is 2.11. The molecule has 4 heterocycles. The van der Waals surface area contributed by atoms with Crippen LogP contribution >= 0.6 is 0 Å². The lowest BCUT2D eigenvalue weighted by Crippen LogP contribution is -2.51. The molecule has 2 aliphatic heterocycles. The van der Waals surface area contributed by atoms with E-state index in [1.807, 2.05) is 30.3 Å². The fourth-order valence-electron chi connectivity index (χ4n) is 4.50. The Balaban J connectivity index is 1.47. The minimum Gasteiger partial charge on any atom is -0.487 e. The number of fused-ring (bicyclic) bond motifs is 2. The maximum atomic E-state index is 13.1. The van der Waals surface area contributed by atoms with Gasteiger partial charge in [0.25, 0.3) is 11.5 Å². The van der Waals surface area contributed by atoms with Crippen molar-refractivity contribution in [3.63, 3.8) is 0 Å². The van der Waals surface area contributed by atoms with Crippen LogP contribution in [-0.4, -0.2) is 45.9 Å². The molecule has 154 valence electrons. The standard InChI is InChI=1S/C23H24N4O3/c1-26-12-9-23(10-13-26)14-18(16-6-2-3-7-19(16)30-23)25-21(28)17-15-24-20-8-4-5-11-27(20)22(17)29/h2-8,11,15,18H,9-10,12-14H2,1H3,(H,25,28). The number of benzene rings is 1. The molecule has 0 saturated carbocycles. The van der Waals surface area contributed by atoms with Crippen molar-refractivity contribution in [3.05, 3.63) is 76.3 Å². The second kappa shape index (κ2) is 7.25. The lowest BCUT2D eigenvalue weighted by molar-refractivity contribution is -0.0195. The third-order valence-corrected chi connectivity index (χ3v) is 6.26. The number of para-hydroxylation sites is 1. The average molecular weight is 404 g/mol. The summed E-state index contributed by atoms with van der Waals surface area (Å²) in [4.78, 5) is 32.5. The highest BCUT2D eigenvalue weighted by Gasteiger charge is 2.43. The topological polar surface area (TPSA) is 75.9 Å². The van der Waals surface area contributed by atoms with Gasteiger partial charge in [-0.2, -0.15) is 0 Å². The predicted octanol–water partition coefficient (Wildman–Crippen LogP) is 2.41. The zero-order valence-corrected chi connectivity index (χ0v) is 16.9. The fourth-order valence-corrected chi connectivity index (χ4v) is 4.50. The van der Waals surface area contributed by atoms with Crippen LogP contribution in [0.2, 0.25) is 0 Å². The number of hydrogen-bond acceptors (Lipinski definition) is 5. The van der Waals surface area contributed by atoms with Crippen LogP contribution in [0.25, 0.3) is 5.65 Å². The third-order valence-electron chi connectivity index (χ3n) is 6.26. The highest BCUT2D eigenvalue weighted by molar-refractivity contribution is 5.94. The van der Waals surface area contributed by atoms with E-state index in [0.29, 0.717) is 12.1 Å². The van der Waals surface area contributed by atoms with Crippen molar-refractivity contribution in [2.45, 2.75) is 30.9 Å². The van der Waals surface area contributed by atoms with Crippen LogP contribution in [0.3, 0.4) is 0 Å². The van der Waals surface area contributed by atoms with E-state index in [9.17, 15) is 9.59 Å². The van der Waals surface area contributed by atoms with Crippen LogP contribution in [0.4, 0.5) is 0 Å². The van der Waals surface area contributed by atoms with Gasteiger partial charge >= 0.3 is 0 Å². The minimum absolute atomic E-state index is 0.0418. The van der Waals surface area contributed by atoms with Crippen LogP contribution in [0.5, 0.6) is 5.75 Å². The molecular formula is C23H24N4O3. The first-order valence-electron chi connectivity index (χ1n) is 10.3. The Morgan fingerprint density at radius 2 is 1.93 bits per heavy atom. The maximum absolute atomic E-state index is 13.1. The molecule has 1 atom stereocenters. The molecule has 1 aromatic carbocycles. The third kappa shape index (κ3) is 3.25. The van der Waals surface area contributed by atoms with E-state index in [4.69, 9.17) is 4.74 Å². The van der Waals surface area contributed by atoms with Crippen LogP contribution in [0, 0.1) is 0 Å². The van der Waals surface area contributed by atoms with Gasteiger partial charge < -0.3 is 15.0 Å². The molecule has 7 heteroatoms. The summed E-state index contributed by atoms with van der Waals surface area (Å²) in [6, 6.07) is 12.9. The first-order chi connectivity index (χ1) is 14.5. The van der Waals surface area contributed by atoms with Crippen molar-refractivity contribution in [1.29, 1.82) is 0 Å². The molecule has 3 aromatic rings. The second-order valence-corrected chi connectivity index (χ2v) is 8.26. The monoisotopic (exact) mass is 404 g/mol. The lowest BCUT2D eigenvalue weighted by atomic mass is 9.80. The van der Waals surface area contributed by atoms with Crippen molar-refractivity contribution in [3.8, 4) is 5.75 Å². The summed E-state index contributed by atoms with van der Waals surface area (Å²) in [5.41, 5.74) is 0.840. The van der Waals surface area contributed by atoms with Crippen LogP contribution in [0.1, 0.15) is 41.2 Å². The molecule has 7 nitrogen and oxygen atoms in total. The largest absolute Gasteiger partial charge is 0.487 e. The first-order valence-corrected chi connectivity index (χ1v) is 10.3. The molecule has 1 N–H and O–H groups in total. The summed E-state index contributed by atoms with van der Waals surface area (Å²) in [5.74, 6) is 0.405. The Bertz CT molecular complexity index is 1160. The number of ether oxygens (including phenoxy) is 1. The number of hydrogen-bond donors (Lipinski definition) is 1. The molecular weight excluding hydrogens is 380 g/mol. The van der Waals surface area contributed by atoms with Gasteiger partial charge in [-0.3, -0.25) is 14.0 Å². The zero-order chi connectivity index (χ0) is 20.7. The molecule has 0 aliphatic carbocycles. The molecule has 1 saturated heterocycles. The Morgan fingerprint density at radius 3 is 2.77 bits per heavy atom. The number of piperidine rings is 1. The molecule has 0 radical (unpaired) electrons. The number of aromatic nitrogens is 2. The van der Waals surface area contributed by atoms with Gasteiger partial charge in [0.15, 0.2) is 0 Å². The Morgan fingerprint density at radius 1 is 1.17 bits per heavy atom. The number of amides is 1. The lowest BCUT2D eigenvalue weighted by Gasteiger charge is -2.46. The normalized spacial score (nSPS) is 20.5. The van der Waals surface area contributed by atoms with Gasteiger partial charge in [-0.1, -0.05) is 24.3 Å². The van der Waals surface area contributed by atoms with E-state index in [0.717, 1.165) is 37.2 Å². The second-order valence-electron chi connectivity index (χ2n) is 8.26. The van der Waals surface area contributed by atoms with Crippen LogP contribution < -0.4 is 15.6 Å². The van der Waals surface area contributed by atoms with Crippen molar-refractivity contribution in [2.75, 3.05) is 20.1 Å². The number of carbonyl (C=O) groups excluding carboxylic acids is 1. The van der Waals surface area contributed by atoms with E-state index in [-0.39, 0.29) is 22.8 Å². The van der Waals surface area contributed by atoms with E-state index >= 15 is 0 Å². The summed E-state index contributed by atoms with van der Waals surface area (Å²) in [6.07, 6.45) is 5.49. The average Bonchev–Trinajstić information content (AvgIpc) is 2.76. The van der Waals surface area contributed by atoms with Gasteiger partial charge in [0.2, 0.25) is 0 Å². The Labute approximate surface area is 174 Å².